The molecule has 0 unspecified atom stereocenters. The largest absolute Gasteiger partial charge is 0.339 e. The van der Waals surface area contributed by atoms with Gasteiger partial charge in [-0.15, -0.1) is 0 Å². The van der Waals surface area contributed by atoms with Crippen molar-refractivity contribution in [3.05, 3.63) is 64.5 Å². The van der Waals surface area contributed by atoms with Crippen LogP contribution in [0.5, 0.6) is 0 Å². The van der Waals surface area contributed by atoms with E-state index in [1.54, 1.807) is 30.3 Å². The lowest BCUT2D eigenvalue weighted by molar-refractivity contribution is 0.217. The second kappa shape index (κ2) is 6.66. The van der Waals surface area contributed by atoms with Crippen LogP contribution < -0.4 is 0 Å². The summed E-state index contributed by atoms with van der Waals surface area (Å²) in [5, 5.41) is 4.92. The summed E-state index contributed by atoms with van der Waals surface area (Å²) in [6.07, 6.45) is 0. The van der Waals surface area contributed by atoms with E-state index in [1.807, 2.05) is 6.07 Å². The Morgan fingerprint density at radius 1 is 1.04 bits per heavy atom. The second-order valence-corrected chi connectivity index (χ2v) is 8.75. The molecule has 1 aliphatic rings. The van der Waals surface area contributed by atoms with E-state index >= 15 is 0 Å². The van der Waals surface area contributed by atoms with Crippen molar-refractivity contribution in [1.82, 2.24) is 14.4 Å². The van der Waals surface area contributed by atoms with Crippen molar-refractivity contribution in [3.63, 3.8) is 0 Å². The van der Waals surface area contributed by atoms with Gasteiger partial charge in [0, 0.05) is 28.7 Å². The first kappa shape index (κ1) is 17.5. The Balaban J connectivity index is 1.48. The number of hydrogen-bond acceptors (Lipinski definition) is 5. The van der Waals surface area contributed by atoms with Crippen molar-refractivity contribution in [3.8, 4) is 11.4 Å². The highest BCUT2D eigenvalue weighted by Gasteiger charge is 2.40. The quantitative estimate of drug-likeness (QED) is 0.654. The maximum absolute atomic E-state index is 12.6. The minimum Gasteiger partial charge on any atom is -0.339 e. The Bertz CT molecular complexity index is 1060. The van der Waals surface area contributed by atoms with Gasteiger partial charge >= 0.3 is 0 Å². The zero-order valence-electron chi connectivity index (χ0n) is 13.3. The maximum Gasteiger partial charge on any atom is 0.243 e. The highest BCUT2D eigenvalue weighted by atomic mass is 35.5. The SMILES string of the molecule is O=S(=O)(c1cccc(Cl)c1)N1CC(c2nc(-c3cccc(Cl)c3)no2)C1. The Morgan fingerprint density at radius 2 is 1.73 bits per heavy atom. The molecule has 0 aliphatic carbocycles. The normalized spacial score (nSPS) is 15.8. The molecular weight excluding hydrogens is 397 g/mol. The third kappa shape index (κ3) is 3.23. The molecule has 6 nitrogen and oxygen atoms in total. The number of aromatic nitrogens is 2. The molecule has 26 heavy (non-hydrogen) atoms. The molecule has 9 heteroatoms. The summed E-state index contributed by atoms with van der Waals surface area (Å²) in [6, 6.07) is 13.3. The van der Waals surface area contributed by atoms with Gasteiger partial charge in [-0.1, -0.05) is 46.6 Å². The van der Waals surface area contributed by atoms with Crippen LogP contribution in [0.25, 0.3) is 11.4 Å². The lowest BCUT2D eigenvalue weighted by atomic mass is 10.0. The first-order valence-corrected chi connectivity index (χ1v) is 9.98. The molecule has 2 heterocycles. The first-order chi connectivity index (χ1) is 12.4. The average molecular weight is 410 g/mol. The van der Waals surface area contributed by atoms with Gasteiger partial charge in [0.2, 0.25) is 21.7 Å². The third-order valence-electron chi connectivity index (χ3n) is 4.16. The van der Waals surface area contributed by atoms with Gasteiger partial charge in [0.1, 0.15) is 0 Å². The Morgan fingerprint density at radius 3 is 2.42 bits per heavy atom. The van der Waals surface area contributed by atoms with Gasteiger partial charge in [0.15, 0.2) is 0 Å². The van der Waals surface area contributed by atoms with E-state index in [0.29, 0.717) is 21.8 Å². The van der Waals surface area contributed by atoms with Crippen LogP contribution in [0.1, 0.15) is 11.8 Å². The molecule has 1 aliphatic heterocycles. The summed E-state index contributed by atoms with van der Waals surface area (Å²) in [5.41, 5.74) is 0.746. The molecule has 134 valence electrons. The van der Waals surface area contributed by atoms with Gasteiger partial charge in [0.05, 0.1) is 10.8 Å². The molecular formula is C17H13Cl2N3O3S. The van der Waals surface area contributed by atoms with Crippen LogP contribution in [0.4, 0.5) is 0 Å². The number of sulfonamides is 1. The van der Waals surface area contributed by atoms with Crippen molar-refractivity contribution >= 4 is 33.2 Å². The lowest BCUT2D eigenvalue weighted by Gasteiger charge is -2.35. The second-order valence-electron chi connectivity index (χ2n) is 5.94. The smallest absolute Gasteiger partial charge is 0.243 e. The Kier molecular flexibility index (Phi) is 4.48. The van der Waals surface area contributed by atoms with Crippen LogP contribution in [0, 0.1) is 0 Å². The summed E-state index contributed by atoms with van der Waals surface area (Å²) in [7, 11) is -3.58. The summed E-state index contributed by atoms with van der Waals surface area (Å²) in [4.78, 5) is 4.54. The lowest BCUT2D eigenvalue weighted by Crippen LogP contribution is -2.48. The van der Waals surface area contributed by atoms with Gasteiger partial charge in [-0.05, 0) is 30.3 Å². The van der Waals surface area contributed by atoms with Crippen LogP contribution in [-0.2, 0) is 10.0 Å². The summed E-state index contributed by atoms with van der Waals surface area (Å²) >= 11 is 11.9. The molecule has 0 radical (unpaired) electrons. The fraction of sp³-hybridized carbons (Fsp3) is 0.176. The minimum atomic E-state index is -3.58. The van der Waals surface area contributed by atoms with Gasteiger partial charge in [-0.3, -0.25) is 0 Å². The van der Waals surface area contributed by atoms with Crippen LogP contribution in [0.3, 0.4) is 0 Å². The number of benzene rings is 2. The fourth-order valence-electron chi connectivity index (χ4n) is 2.71. The third-order valence-corrected chi connectivity index (χ3v) is 6.45. The van der Waals surface area contributed by atoms with E-state index in [4.69, 9.17) is 27.7 Å². The van der Waals surface area contributed by atoms with E-state index in [-0.39, 0.29) is 23.9 Å². The van der Waals surface area contributed by atoms with E-state index in [1.165, 1.54) is 16.4 Å². The molecule has 4 rings (SSSR count). The predicted molar refractivity (Wildman–Crippen MR) is 97.7 cm³/mol. The van der Waals surface area contributed by atoms with Crippen LogP contribution in [0.2, 0.25) is 10.0 Å². The summed E-state index contributed by atoms with van der Waals surface area (Å²) in [5.74, 6) is 0.709. The van der Waals surface area contributed by atoms with Crippen LogP contribution >= 0.6 is 23.2 Å². The molecule has 1 aromatic heterocycles. The van der Waals surface area contributed by atoms with E-state index in [2.05, 4.69) is 10.1 Å². The van der Waals surface area contributed by atoms with Crippen LogP contribution in [0.15, 0.2) is 57.9 Å². The molecule has 1 fully saturated rings. The number of rotatable bonds is 4. The van der Waals surface area contributed by atoms with Gasteiger partial charge < -0.3 is 4.52 Å². The monoisotopic (exact) mass is 409 g/mol. The van der Waals surface area contributed by atoms with Crippen molar-refractivity contribution < 1.29 is 12.9 Å². The summed E-state index contributed by atoms with van der Waals surface area (Å²) < 4.78 is 31.9. The molecule has 0 spiro atoms. The van der Waals surface area contributed by atoms with E-state index < -0.39 is 10.0 Å². The van der Waals surface area contributed by atoms with Crippen molar-refractivity contribution in [2.75, 3.05) is 13.1 Å². The Labute approximate surface area is 160 Å². The topological polar surface area (TPSA) is 76.3 Å². The number of halogens is 2. The fourth-order valence-corrected chi connectivity index (χ4v) is 4.74. The molecule has 0 N–H and O–H groups in total. The highest BCUT2D eigenvalue weighted by molar-refractivity contribution is 7.89. The molecule has 1 saturated heterocycles. The zero-order chi connectivity index (χ0) is 18.3. The first-order valence-electron chi connectivity index (χ1n) is 7.79. The molecule has 0 atom stereocenters. The number of hydrogen-bond donors (Lipinski definition) is 0. The van der Waals surface area contributed by atoms with Crippen molar-refractivity contribution in [1.29, 1.82) is 0 Å². The molecule has 3 aromatic rings. The summed E-state index contributed by atoms with van der Waals surface area (Å²) in [6.45, 7) is 0.568. The number of nitrogens with zero attached hydrogens (tertiary/aromatic N) is 3. The predicted octanol–water partition coefficient (Wildman–Crippen LogP) is 3.83. The molecule has 0 saturated carbocycles. The van der Waals surface area contributed by atoms with E-state index in [0.717, 1.165) is 5.56 Å². The van der Waals surface area contributed by atoms with Gasteiger partial charge in [-0.25, -0.2) is 8.42 Å². The minimum absolute atomic E-state index is 0.135. The molecule has 2 aromatic carbocycles. The maximum atomic E-state index is 12.6. The van der Waals surface area contributed by atoms with E-state index in [9.17, 15) is 8.42 Å². The van der Waals surface area contributed by atoms with Crippen molar-refractivity contribution in [2.45, 2.75) is 10.8 Å². The standard InChI is InChI=1S/C17H13Cl2N3O3S/c18-13-4-1-3-11(7-13)16-20-17(25-21-16)12-9-22(10-12)26(23,24)15-6-2-5-14(19)8-15/h1-8,12H,9-10H2. The van der Waals surface area contributed by atoms with Gasteiger partial charge in [0.25, 0.3) is 0 Å². The Hall–Kier alpha value is -1.93. The average Bonchev–Trinajstić information content (AvgIpc) is 3.03. The van der Waals surface area contributed by atoms with Gasteiger partial charge in [-0.2, -0.15) is 9.29 Å². The highest BCUT2D eigenvalue weighted by Crippen LogP contribution is 2.32. The zero-order valence-corrected chi connectivity index (χ0v) is 15.7. The molecule has 0 bridgehead atoms. The molecule has 0 amide bonds. The van der Waals surface area contributed by atoms with Crippen molar-refractivity contribution in [2.24, 2.45) is 0 Å². The van der Waals surface area contributed by atoms with Crippen LogP contribution in [-0.4, -0.2) is 36.0 Å².